The second-order valence-electron chi connectivity index (χ2n) is 15.4. The molecule has 7 atom stereocenters. The van der Waals surface area contributed by atoms with Gasteiger partial charge in [-0.05, 0) is 96.3 Å². The van der Waals surface area contributed by atoms with Crippen LogP contribution in [0, 0.1) is 0 Å². The van der Waals surface area contributed by atoms with Gasteiger partial charge in [-0.1, -0.05) is 161 Å². The molecule has 1 heterocycles. The molecular weight excluding hydrogens is 767 g/mol. The molecule has 0 aliphatic carbocycles. The molecule has 0 aromatic rings. The minimum absolute atomic E-state index is 0.238. The summed E-state index contributed by atoms with van der Waals surface area (Å²) in [7, 11) is 0. The summed E-state index contributed by atoms with van der Waals surface area (Å²) in [6.07, 6.45) is 53.9. The van der Waals surface area contributed by atoms with Gasteiger partial charge in [0, 0.05) is 6.42 Å². The van der Waals surface area contributed by atoms with E-state index in [9.17, 15) is 30.3 Å². The van der Waals surface area contributed by atoms with Crippen LogP contribution < -0.4 is 5.32 Å². The maximum absolute atomic E-state index is 12.9. The minimum Gasteiger partial charge on any atom is -0.394 e. The number of unbranched alkanes of at least 4 members (excludes halogenated alkanes) is 8. The quantitative estimate of drug-likeness (QED) is 0.0270. The van der Waals surface area contributed by atoms with Crippen molar-refractivity contribution in [3.63, 3.8) is 0 Å². The second kappa shape index (κ2) is 40.6. The molecule has 0 aromatic heterocycles. The van der Waals surface area contributed by atoms with E-state index in [1.54, 1.807) is 6.08 Å². The zero-order chi connectivity index (χ0) is 44.4. The average molecular weight is 850 g/mol. The number of allylic oxidation sites excluding steroid dienone is 19. The first-order chi connectivity index (χ1) is 29.8. The molecule has 1 amide bonds. The zero-order valence-electron chi connectivity index (χ0n) is 37.6. The molecule has 1 saturated heterocycles. The van der Waals surface area contributed by atoms with Crippen LogP contribution in [-0.4, -0.2) is 87.5 Å². The predicted octanol–water partition coefficient (Wildman–Crippen LogP) is 10.1. The van der Waals surface area contributed by atoms with E-state index in [2.05, 4.69) is 129 Å². The van der Waals surface area contributed by atoms with Gasteiger partial charge in [0.1, 0.15) is 24.4 Å². The van der Waals surface area contributed by atoms with Crippen molar-refractivity contribution >= 4 is 5.91 Å². The van der Waals surface area contributed by atoms with Gasteiger partial charge < -0.3 is 40.3 Å². The van der Waals surface area contributed by atoms with Crippen molar-refractivity contribution in [1.82, 2.24) is 5.32 Å². The van der Waals surface area contributed by atoms with Crippen molar-refractivity contribution in [3.05, 3.63) is 122 Å². The van der Waals surface area contributed by atoms with Gasteiger partial charge in [-0.3, -0.25) is 4.79 Å². The fourth-order valence-corrected chi connectivity index (χ4v) is 6.29. The molecule has 0 bridgehead atoms. The third-order valence-corrected chi connectivity index (χ3v) is 10.00. The molecule has 9 nitrogen and oxygen atoms in total. The van der Waals surface area contributed by atoms with E-state index in [0.29, 0.717) is 12.8 Å². The van der Waals surface area contributed by atoms with Crippen LogP contribution in [0.3, 0.4) is 0 Å². The van der Waals surface area contributed by atoms with Crippen molar-refractivity contribution in [2.75, 3.05) is 13.2 Å². The van der Waals surface area contributed by atoms with Gasteiger partial charge in [-0.15, -0.1) is 0 Å². The van der Waals surface area contributed by atoms with Gasteiger partial charge in [0.2, 0.25) is 5.91 Å². The molecule has 1 aliphatic heterocycles. The maximum atomic E-state index is 12.9. The summed E-state index contributed by atoms with van der Waals surface area (Å²) >= 11 is 0. The summed E-state index contributed by atoms with van der Waals surface area (Å²) in [4.78, 5) is 12.9. The average Bonchev–Trinajstić information content (AvgIpc) is 3.26. The van der Waals surface area contributed by atoms with Gasteiger partial charge >= 0.3 is 0 Å². The third-order valence-electron chi connectivity index (χ3n) is 10.00. The normalized spacial score (nSPS) is 21.6. The lowest BCUT2D eigenvalue weighted by atomic mass is 9.99. The Morgan fingerprint density at radius 1 is 0.574 bits per heavy atom. The van der Waals surface area contributed by atoms with Crippen LogP contribution in [0.1, 0.15) is 142 Å². The van der Waals surface area contributed by atoms with E-state index in [0.717, 1.165) is 77.0 Å². The van der Waals surface area contributed by atoms with Gasteiger partial charge in [0.05, 0.1) is 25.4 Å². The molecule has 0 spiro atoms. The van der Waals surface area contributed by atoms with Gasteiger partial charge in [-0.25, -0.2) is 0 Å². The fraction of sp³-hybridized carbons (Fsp3) is 0.596. The highest BCUT2D eigenvalue weighted by Crippen LogP contribution is 2.22. The Bertz CT molecular complexity index is 1360. The number of nitrogens with one attached hydrogen (secondary N) is 1. The SMILES string of the molecule is CC/C=C\C/C=C\C/C=C\C/C=C\C/C=C\C/C=C\C/C=C\CCCC(=O)NC(COC1OC(CO)C(O)C(O)C1O)C(O)/C=C/CC/C=C/CC/C=C/CCCCCCC. The molecule has 61 heavy (non-hydrogen) atoms. The zero-order valence-corrected chi connectivity index (χ0v) is 37.6. The molecule has 6 N–H and O–H groups in total. The molecule has 7 unspecified atom stereocenters. The van der Waals surface area contributed by atoms with Crippen molar-refractivity contribution in [2.45, 2.75) is 185 Å². The Balaban J connectivity index is 2.44. The molecule has 0 saturated carbocycles. The summed E-state index contributed by atoms with van der Waals surface area (Å²) < 4.78 is 11.2. The number of aliphatic hydroxyl groups excluding tert-OH is 5. The third kappa shape index (κ3) is 31.1. The van der Waals surface area contributed by atoms with Gasteiger partial charge in [0.25, 0.3) is 0 Å². The van der Waals surface area contributed by atoms with Crippen LogP contribution in [0.4, 0.5) is 0 Å². The maximum Gasteiger partial charge on any atom is 0.220 e. The molecule has 1 fully saturated rings. The van der Waals surface area contributed by atoms with E-state index >= 15 is 0 Å². The van der Waals surface area contributed by atoms with Crippen molar-refractivity contribution in [1.29, 1.82) is 0 Å². The molecule has 1 rings (SSSR count). The predicted molar refractivity (Wildman–Crippen MR) is 253 cm³/mol. The van der Waals surface area contributed by atoms with Crippen molar-refractivity contribution < 1.29 is 39.8 Å². The largest absolute Gasteiger partial charge is 0.394 e. The fourth-order valence-electron chi connectivity index (χ4n) is 6.29. The number of rotatable bonds is 36. The van der Waals surface area contributed by atoms with Crippen LogP contribution in [0.25, 0.3) is 0 Å². The van der Waals surface area contributed by atoms with Crippen LogP contribution in [0.5, 0.6) is 0 Å². The van der Waals surface area contributed by atoms with Gasteiger partial charge in [0.15, 0.2) is 6.29 Å². The number of hydrogen-bond acceptors (Lipinski definition) is 8. The van der Waals surface area contributed by atoms with Gasteiger partial charge in [-0.2, -0.15) is 0 Å². The number of hydrogen-bond donors (Lipinski definition) is 6. The van der Waals surface area contributed by atoms with Crippen LogP contribution >= 0.6 is 0 Å². The molecule has 1 aliphatic rings. The lowest BCUT2D eigenvalue weighted by Crippen LogP contribution is -2.60. The molecule has 9 heteroatoms. The highest BCUT2D eigenvalue weighted by atomic mass is 16.7. The lowest BCUT2D eigenvalue weighted by Gasteiger charge is -2.40. The molecule has 344 valence electrons. The van der Waals surface area contributed by atoms with Crippen LogP contribution in [0.2, 0.25) is 0 Å². The number of amides is 1. The van der Waals surface area contributed by atoms with E-state index < -0.39 is 49.5 Å². The Labute approximate surface area is 369 Å². The molecule has 0 radical (unpaired) electrons. The van der Waals surface area contributed by atoms with Crippen molar-refractivity contribution in [3.8, 4) is 0 Å². The first-order valence-corrected chi connectivity index (χ1v) is 23.3. The minimum atomic E-state index is -1.59. The highest BCUT2D eigenvalue weighted by molar-refractivity contribution is 5.76. The lowest BCUT2D eigenvalue weighted by molar-refractivity contribution is -0.302. The number of aliphatic hydroxyl groups is 5. The van der Waals surface area contributed by atoms with Crippen LogP contribution in [-0.2, 0) is 14.3 Å². The topological polar surface area (TPSA) is 149 Å². The highest BCUT2D eigenvalue weighted by Gasteiger charge is 2.44. The van der Waals surface area contributed by atoms with E-state index in [1.165, 1.54) is 32.1 Å². The van der Waals surface area contributed by atoms with E-state index in [4.69, 9.17) is 9.47 Å². The Morgan fingerprint density at radius 2 is 1.03 bits per heavy atom. The van der Waals surface area contributed by atoms with Crippen molar-refractivity contribution in [2.24, 2.45) is 0 Å². The summed E-state index contributed by atoms with van der Waals surface area (Å²) in [6, 6.07) is -0.867. The summed E-state index contributed by atoms with van der Waals surface area (Å²) in [5.41, 5.74) is 0. The Morgan fingerprint density at radius 3 is 1.56 bits per heavy atom. The van der Waals surface area contributed by atoms with Crippen LogP contribution in [0.15, 0.2) is 122 Å². The Kier molecular flexibility index (Phi) is 37.1. The number of ether oxygens (including phenoxy) is 2. The summed E-state index contributed by atoms with van der Waals surface area (Å²) in [5.74, 6) is -0.256. The first kappa shape index (κ1) is 55.6. The summed E-state index contributed by atoms with van der Waals surface area (Å²) in [5, 5.41) is 54.1. The number of carbonyl (C=O) groups is 1. The smallest absolute Gasteiger partial charge is 0.220 e. The Hall–Kier alpha value is -3.41. The monoisotopic (exact) mass is 850 g/mol. The standard InChI is InChI=1S/C52H83NO8/c1-3-5-7-9-11-13-15-17-19-20-21-22-23-24-25-26-28-30-32-34-36-38-40-42-48(56)53-45(44-60-52-51(59)50(58)49(57)47(43-54)61-52)46(55)41-39-37-35-33-31-29-27-18-16-14-12-10-8-6-4-2/h5,7,11,13,16-19,21-22,24-25,28,30-31,33-34,36,39,41,45-47,49-52,54-55,57-59H,3-4,6,8-10,12,14-15,20,23,26-27,29,32,35,37-38,40,42-44H2,1-2H3,(H,53,56)/b7-5-,13-11-,18-16+,19-17-,22-21-,25-24-,30-28-,33-31+,36-34-,41-39+. The first-order valence-electron chi connectivity index (χ1n) is 23.3. The number of carbonyl (C=O) groups excluding carboxylic acids is 1. The van der Waals surface area contributed by atoms with E-state index in [1.807, 2.05) is 6.08 Å². The molecular formula is C52H83NO8. The molecule has 0 aromatic carbocycles. The summed E-state index contributed by atoms with van der Waals surface area (Å²) in [6.45, 7) is 3.56. The van der Waals surface area contributed by atoms with E-state index in [-0.39, 0.29) is 18.9 Å². The second-order valence-corrected chi connectivity index (χ2v) is 15.4.